The molecule has 0 aliphatic heterocycles. The molecule has 0 heterocycles. The summed E-state index contributed by atoms with van der Waals surface area (Å²) in [5.74, 6) is -0.100. The van der Waals surface area contributed by atoms with Crippen molar-refractivity contribution in [3.05, 3.63) is 48.5 Å². The summed E-state index contributed by atoms with van der Waals surface area (Å²) in [4.78, 5) is 1.17. The van der Waals surface area contributed by atoms with Crippen molar-refractivity contribution in [1.29, 1.82) is 0 Å². The summed E-state index contributed by atoms with van der Waals surface area (Å²) in [7, 11) is 0. The Morgan fingerprint density at radius 1 is 0.688 bits per heavy atom. The Morgan fingerprint density at radius 2 is 1.06 bits per heavy atom. The Kier molecular flexibility index (Phi) is 4.98. The van der Waals surface area contributed by atoms with Crippen LogP contribution in [0.3, 0.4) is 0 Å². The van der Waals surface area contributed by atoms with Crippen molar-refractivity contribution in [2.24, 2.45) is 0 Å². The Morgan fingerprint density at radius 3 is 1.44 bits per heavy atom. The van der Waals surface area contributed by atoms with Crippen molar-refractivity contribution in [3.8, 4) is 11.5 Å². The van der Waals surface area contributed by atoms with Crippen LogP contribution in [0, 0.1) is 0 Å². The number of para-hydroxylation sites is 2. The summed E-state index contributed by atoms with van der Waals surface area (Å²) in [6.07, 6.45) is 0. The average Bonchev–Trinajstić information content (AvgIpc) is 2.24. The molecule has 16 heavy (non-hydrogen) atoms. The fraction of sp³-hybridized carbons (Fsp3) is 0. The van der Waals surface area contributed by atoms with Crippen molar-refractivity contribution in [1.82, 2.24) is 0 Å². The number of rotatable bonds is 2. The molecule has 2 aromatic carbocycles. The molecule has 0 amide bonds. The third kappa shape index (κ3) is 3.07. The average molecular weight is 241 g/mol. The first-order valence-electron chi connectivity index (χ1n) is 4.47. The summed E-state index contributed by atoms with van der Waals surface area (Å²) >= 11 is 1.22. The van der Waals surface area contributed by atoms with Gasteiger partial charge in [-0.05, 0) is 12.1 Å². The van der Waals surface area contributed by atoms with Gasteiger partial charge in [-0.2, -0.15) is 0 Å². The summed E-state index contributed by atoms with van der Waals surface area (Å²) < 4.78 is 0. The molecule has 0 spiro atoms. The molecule has 0 saturated heterocycles. The molecule has 2 aromatic rings. The Hall–Kier alpha value is -0.844. The van der Waals surface area contributed by atoms with Gasteiger partial charge in [0.25, 0.3) is 0 Å². The van der Waals surface area contributed by atoms with Gasteiger partial charge in [-0.25, -0.2) is 0 Å². The summed E-state index contributed by atoms with van der Waals surface area (Å²) in [5, 5.41) is 22.8. The van der Waals surface area contributed by atoms with Gasteiger partial charge in [0.15, 0.2) is 0 Å². The Balaban J connectivity index is 0.00000128. The third-order valence-corrected chi connectivity index (χ3v) is 3.03. The first-order valence-corrected chi connectivity index (χ1v) is 5.29. The minimum absolute atomic E-state index is 0. The summed E-state index contributed by atoms with van der Waals surface area (Å²) in [6.45, 7) is 0. The third-order valence-electron chi connectivity index (χ3n) is 1.92. The van der Waals surface area contributed by atoms with Crippen LogP contribution in [0.4, 0.5) is 0 Å². The van der Waals surface area contributed by atoms with E-state index in [1.165, 1.54) is 23.9 Å². The Bertz CT molecular complexity index is 431. The van der Waals surface area contributed by atoms with Gasteiger partial charge in [0, 0.05) is 9.79 Å². The molecule has 0 unspecified atom stereocenters. The van der Waals surface area contributed by atoms with Crippen molar-refractivity contribution in [3.63, 3.8) is 0 Å². The van der Waals surface area contributed by atoms with Crippen LogP contribution in [0.5, 0.6) is 11.5 Å². The fourth-order valence-electron chi connectivity index (χ4n) is 1.19. The molecule has 0 saturated carbocycles. The zero-order chi connectivity index (χ0) is 10.7. The van der Waals surface area contributed by atoms with E-state index in [2.05, 4.69) is 0 Å². The molecule has 76 valence electrons. The molecule has 0 fully saturated rings. The van der Waals surface area contributed by atoms with Crippen LogP contribution in [0.2, 0.25) is 0 Å². The maximum atomic E-state index is 11.4. The molecule has 0 atom stereocenters. The molecule has 0 aliphatic carbocycles. The van der Waals surface area contributed by atoms with Gasteiger partial charge in [0.2, 0.25) is 0 Å². The number of hydrogen-bond donors (Lipinski definition) is 0. The molecule has 2 nitrogen and oxygen atoms in total. The van der Waals surface area contributed by atoms with Crippen LogP contribution in [0.25, 0.3) is 0 Å². The van der Waals surface area contributed by atoms with Crippen molar-refractivity contribution in [2.45, 2.75) is 9.79 Å². The van der Waals surface area contributed by atoms with E-state index in [-0.39, 0.29) is 34.6 Å². The van der Waals surface area contributed by atoms with Crippen LogP contribution in [0.15, 0.2) is 58.3 Å². The van der Waals surface area contributed by atoms with E-state index in [1.54, 1.807) is 36.4 Å². The molecular weight excluding hydrogens is 233 g/mol. The van der Waals surface area contributed by atoms with Gasteiger partial charge in [-0.15, -0.1) is 0 Å². The zero-order valence-electron chi connectivity index (χ0n) is 8.55. The molecule has 0 N–H and O–H groups in total. The summed E-state index contributed by atoms with van der Waals surface area (Å²) in [6, 6.07) is 13.4. The van der Waals surface area contributed by atoms with Gasteiger partial charge in [-0.3, -0.25) is 0 Å². The van der Waals surface area contributed by atoms with Crippen LogP contribution < -0.4 is 10.2 Å². The van der Waals surface area contributed by atoms with Gasteiger partial charge >= 0.3 is 23.1 Å². The van der Waals surface area contributed by atoms with Crippen LogP contribution in [0.1, 0.15) is 0 Å². The molecule has 0 aromatic heterocycles. The normalized spacial score (nSPS) is 9.50. The summed E-state index contributed by atoms with van der Waals surface area (Å²) in [5.41, 5.74) is 0. The standard InChI is InChI=1S/C12H10O2S.Mg/c13-9-5-1-3-7-11(9)15-12-8-4-2-6-10(12)14;/h1-8,13-14H;/q;+2/p-2. The SMILES string of the molecule is [Mg+2].[O-]c1ccccc1Sc1ccccc1[O-]. The molecule has 4 heteroatoms. The van der Waals surface area contributed by atoms with E-state index in [1.807, 2.05) is 0 Å². The van der Waals surface area contributed by atoms with Crippen molar-refractivity contribution < 1.29 is 10.2 Å². The quantitative estimate of drug-likeness (QED) is 0.749. The van der Waals surface area contributed by atoms with Crippen LogP contribution in [-0.2, 0) is 0 Å². The maximum absolute atomic E-state index is 11.4. The first-order chi connectivity index (χ1) is 7.27. The van der Waals surface area contributed by atoms with E-state index in [9.17, 15) is 10.2 Å². The van der Waals surface area contributed by atoms with Gasteiger partial charge < -0.3 is 10.2 Å². The van der Waals surface area contributed by atoms with Crippen LogP contribution in [-0.4, -0.2) is 23.1 Å². The Labute approximate surface area is 114 Å². The first kappa shape index (κ1) is 13.2. The van der Waals surface area contributed by atoms with Crippen LogP contribution >= 0.6 is 11.8 Å². The van der Waals surface area contributed by atoms with Gasteiger partial charge in [0.1, 0.15) is 0 Å². The zero-order valence-corrected chi connectivity index (χ0v) is 10.8. The van der Waals surface area contributed by atoms with E-state index >= 15 is 0 Å². The second-order valence-corrected chi connectivity index (χ2v) is 4.08. The molecule has 2 rings (SSSR count). The largest absolute Gasteiger partial charge is 2.00 e. The van der Waals surface area contributed by atoms with Gasteiger partial charge in [-0.1, -0.05) is 59.7 Å². The molecule has 0 aliphatic rings. The fourth-order valence-corrected chi connectivity index (χ4v) is 2.05. The maximum Gasteiger partial charge on any atom is 2.00 e. The molecular formula is C12H8MgO2S. The minimum Gasteiger partial charge on any atom is -0.872 e. The molecule has 0 bridgehead atoms. The second-order valence-electron chi connectivity index (χ2n) is 3.00. The number of benzene rings is 2. The van der Waals surface area contributed by atoms with Gasteiger partial charge in [0.05, 0.1) is 0 Å². The predicted molar refractivity (Wildman–Crippen MR) is 61.7 cm³/mol. The predicted octanol–water partition coefficient (Wildman–Crippen LogP) is 1.60. The smallest absolute Gasteiger partial charge is 0.872 e. The monoisotopic (exact) mass is 240 g/mol. The second kappa shape index (κ2) is 6.03. The molecule has 0 radical (unpaired) electrons. The minimum atomic E-state index is -0.0502. The van der Waals surface area contributed by atoms with E-state index in [4.69, 9.17) is 0 Å². The van der Waals surface area contributed by atoms with Crippen molar-refractivity contribution >= 4 is 34.8 Å². The van der Waals surface area contributed by atoms with E-state index in [0.717, 1.165) is 0 Å². The van der Waals surface area contributed by atoms with Crippen molar-refractivity contribution in [2.75, 3.05) is 0 Å². The topological polar surface area (TPSA) is 46.1 Å². The number of hydrogen-bond acceptors (Lipinski definition) is 3. The van der Waals surface area contributed by atoms with E-state index < -0.39 is 0 Å². The van der Waals surface area contributed by atoms with E-state index in [0.29, 0.717) is 9.79 Å².